The Balaban J connectivity index is 2.11. The largest absolute Gasteiger partial charge is 0.504 e. The number of nitrogens with one attached hydrogen (secondary N) is 1. The van der Waals surface area contributed by atoms with E-state index in [0.717, 1.165) is 12.8 Å². The molecule has 1 aliphatic heterocycles. The summed E-state index contributed by atoms with van der Waals surface area (Å²) in [5.74, 6) is 0.420. The summed E-state index contributed by atoms with van der Waals surface area (Å²) in [5.41, 5.74) is 0.286. The lowest BCUT2D eigenvalue weighted by Crippen LogP contribution is -2.51. The molecule has 1 aliphatic rings. The number of aliphatic hydroxyl groups excluding tert-OH is 1. The monoisotopic (exact) mass is 301 g/mol. The number of hydrogen-bond acceptors (Lipinski definition) is 5. The van der Waals surface area contributed by atoms with Gasteiger partial charge in [-0.05, 0) is 18.9 Å². The van der Waals surface area contributed by atoms with E-state index in [1.165, 1.54) is 7.11 Å². The zero-order valence-electron chi connectivity index (χ0n) is 11.5. The van der Waals surface area contributed by atoms with Crippen LogP contribution in [0, 0.1) is 0 Å². The van der Waals surface area contributed by atoms with Crippen molar-refractivity contribution >= 4 is 11.6 Å². The summed E-state index contributed by atoms with van der Waals surface area (Å²) in [7, 11) is 1.48. The Morgan fingerprint density at radius 2 is 2.10 bits per heavy atom. The van der Waals surface area contributed by atoms with Crippen LogP contribution in [-0.4, -0.2) is 42.7 Å². The highest BCUT2D eigenvalue weighted by Crippen LogP contribution is 2.34. The molecular weight excluding hydrogens is 282 g/mol. The predicted molar refractivity (Wildman–Crippen MR) is 76.4 cm³/mol. The molecule has 1 aromatic rings. The highest BCUT2D eigenvalue weighted by Gasteiger charge is 2.31. The van der Waals surface area contributed by atoms with Gasteiger partial charge in [-0.1, -0.05) is 11.6 Å². The van der Waals surface area contributed by atoms with Crippen molar-refractivity contribution in [1.29, 1.82) is 0 Å². The number of benzene rings is 1. The van der Waals surface area contributed by atoms with Gasteiger partial charge in [0.25, 0.3) is 0 Å². The second-order valence-electron chi connectivity index (χ2n) is 5.02. The van der Waals surface area contributed by atoms with Crippen molar-refractivity contribution in [2.24, 2.45) is 0 Å². The van der Waals surface area contributed by atoms with Gasteiger partial charge in [-0.25, -0.2) is 0 Å². The van der Waals surface area contributed by atoms with E-state index in [-0.39, 0.29) is 17.9 Å². The van der Waals surface area contributed by atoms with Crippen molar-refractivity contribution in [2.45, 2.75) is 24.9 Å². The van der Waals surface area contributed by atoms with Crippen LogP contribution >= 0.6 is 11.6 Å². The summed E-state index contributed by atoms with van der Waals surface area (Å²) >= 11 is 6.00. The van der Waals surface area contributed by atoms with Gasteiger partial charge in [-0.2, -0.15) is 0 Å². The first-order valence-electron chi connectivity index (χ1n) is 6.59. The van der Waals surface area contributed by atoms with Crippen LogP contribution in [-0.2, 0) is 11.3 Å². The summed E-state index contributed by atoms with van der Waals surface area (Å²) in [4.78, 5) is 0. The quantitative estimate of drug-likeness (QED) is 0.772. The molecule has 0 saturated carbocycles. The van der Waals surface area contributed by atoms with Crippen LogP contribution in [0.15, 0.2) is 12.1 Å². The molecular formula is C14H20ClNO4. The third-order valence-electron chi connectivity index (χ3n) is 3.74. The average Bonchev–Trinajstić information content (AvgIpc) is 2.48. The van der Waals surface area contributed by atoms with Gasteiger partial charge in [0.2, 0.25) is 0 Å². The van der Waals surface area contributed by atoms with Crippen LogP contribution in [0.1, 0.15) is 18.4 Å². The molecule has 1 saturated heterocycles. The second kappa shape index (κ2) is 6.63. The molecule has 0 aromatic heterocycles. The molecule has 1 heterocycles. The van der Waals surface area contributed by atoms with Gasteiger partial charge in [0.15, 0.2) is 11.5 Å². The lowest BCUT2D eigenvalue weighted by atomic mass is 9.90. The van der Waals surface area contributed by atoms with Crippen LogP contribution in [0.25, 0.3) is 0 Å². The highest BCUT2D eigenvalue weighted by molar-refractivity contribution is 6.30. The Bertz CT molecular complexity index is 461. The lowest BCUT2D eigenvalue weighted by molar-refractivity contribution is 0.0111. The van der Waals surface area contributed by atoms with Crippen molar-refractivity contribution in [3.05, 3.63) is 22.7 Å². The number of halogens is 1. The SMILES string of the molecule is COc1cc(Cl)cc(CNC2(CO)CCOCC2)c1O. The Kier molecular flexibility index (Phi) is 5.10. The van der Waals surface area contributed by atoms with E-state index in [0.29, 0.717) is 36.1 Å². The second-order valence-corrected chi connectivity index (χ2v) is 5.46. The van der Waals surface area contributed by atoms with Gasteiger partial charge in [-0.15, -0.1) is 0 Å². The molecule has 5 nitrogen and oxygen atoms in total. The summed E-state index contributed by atoms with van der Waals surface area (Å²) < 4.78 is 10.4. The van der Waals surface area contributed by atoms with Gasteiger partial charge < -0.3 is 25.0 Å². The van der Waals surface area contributed by atoms with Gasteiger partial charge in [0.05, 0.1) is 13.7 Å². The molecule has 0 aliphatic carbocycles. The molecule has 0 unspecified atom stereocenters. The molecule has 0 amide bonds. The molecule has 20 heavy (non-hydrogen) atoms. The zero-order chi connectivity index (χ0) is 14.6. The van der Waals surface area contributed by atoms with Crippen molar-refractivity contribution < 1.29 is 19.7 Å². The van der Waals surface area contributed by atoms with E-state index < -0.39 is 0 Å². The van der Waals surface area contributed by atoms with E-state index >= 15 is 0 Å². The summed E-state index contributed by atoms with van der Waals surface area (Å²) in [6, 6.07) is 3.26. The van der Waals surface area contributed by atoms with E-state index in [9.17, 15) is 10.2 Å². The highest BCUT2D eigenvalue weighted by atomic mass is 35.5. The standard InChI is InChI=1S/C14H20ClNO4/c1-19-12-7-11(15)6-10(13(12)18)8-16-14(9-17)2-4-20-5-3-14/h6-7,16-18H,2-5,8-9H2,1H3. The molecule has 2 rings (SSSR count). The molecule has 0 spiro atoms. The summed E-state index contributed by atoms with van der Waals surface area (Å²) in [6.45, 7) is 1.69. The molecule has 0 radical (unpaired) electrons. The summed E-state index contributed by atoms with van der Waals surface area (Å²) in [5, 5.41) is 23.5. The van der Waals surface area contributed by atoms with E-state index in [1.807, 2.05) is 0 Å². The lowest BCUT2D eigenvalue weighted by Gasteiger charge is -2.36. The smallest absolute Gasteiger partial charge is 0.162 e. The number of methoxy groups -OCH3 is 1. The number of aromatic hydroxyl groups is 1. The van der Waals surface area contributed by atoms with Crippen molar-refractivity contribution in [1.82, 2.24) is 5.32 Å². The third kappa shape index (κ3) is 3.35. The van der Waals surface area contributed by atoms with Gasteiger partial charge >= 0.3 is 0 Å². The van der Waals surface area contributed by atoms with E-state index in [4.69, 9.17) is 21.1 Å². The van der Waals surface area contributed by atoms with Crippen molar-refractivity contribution in [2.75, 3.05) is 26.9 Å². The van der Waals surface area contributed by atoms with Crippen LogP contribution in [0.5, 0.6) is 11.5 Å². The van der Waals surface area contributed by atoms with Gasteiger partial charge in [-0.3, -0.25) is 0 Å². The molecule has 0 bridgehead atoms. The van der Waals surface area contributed by atoms with Crippen LogP contribution in [0.4, 0.5) is 0 Å². The Morgan fingerprint density at radius 3 is 2.70 bits per heavy atom. The topological polar surface area (TPSA) is 71.0 Å². The normalized spacial score (nSPS) is 17.9. The van der Waals surface area contributed by atoms with Crippen LogP contribution in [0.3, 0.4) is 0 Å². The fourth-order valence-electron chi connectivity index (χ4n) is 2.35. The maximum atomic E-state index is 10.1. The minimum atomic E-state index is -0.361. The van der Waals surface area contributed by atoms with E-state index in [1.54, 1.807) is 12.1 Å². The maximum Gasteiger partial charge on any atom is 0.162 e. The van der Waals surface area contributed by atoms with Crippen LogP contribution < -0.4 is 10.1 Å². The number of phenolic OH excluding ortho intramolecular Hbond substituents is 1. The molecule has 6 heteroatoms. The number of rotatable bonds is 5. The number of ether oxygens (including phenoxy) is 2. The number of hydrogen-bond donors (Lipinski definition) is 3. The van der Waals surface area contributed by atoms with Crippen molar-refractivity contribution in [3.8, 4) is 11.5 Å². The molecule has 1 aromatic carbocycles. The fraction of sp³-hybridized carbons (Fsp3) is 0.571. The number of phenols is 1. The molecule has 0 atom stereocenters. The predicted octanol–water partition coefficient (Wildman–Crippen LogP) is 1.69. The van der Waals surface area contributed by atoms with Crippen LogP contribution in [0.2, 0.25) is 5.02 Å². The van der Waals surface area contributed by atoms with E-state index in [2.05, 4.69) is 5.32 Å². The first-order chi connectivity index (χ1) is 9.60. The Hall–Kier alpha value is -1.01. The Morgan fingerprint density at radius 1 is 1.40 bits per heavy atom. The third-order valence-corrected chi connectivity index (χ3v) is 3.96. The van der Waals surface area contributed by atoms with Gasteiger partial charge in [0.1, 0.15) is 0 Å². The average molecular weight is 302 g/mol. The molecule has 112 valence electrons. The molecule has 3 N–H and O–H groups in total. The Labute approximate surface area is 123 Å². The zero-order valence-corrected chi connectivity index (χ0v) is 12.2. The minimum Gasteiger partial charge on any atom is -0.504 e. The minimum absolute atomic E-state index is 0.0365. The first kappa shape index (κ1) is 15.4. The first-order valence-corrected chi connectivity index (χ1v) is 6.97. The molecule has 1 fully saturated rings. The van der Waals surface area contributed by atoms with Crippen molar-refractivity contribution in [3.63, 3.8) is 0 Å². The fourth-order valence-corrected chi connectivity index (χ4v) is 2.59. The number of aliphatic hydroxyl groups is 1. The van der Waals surface area contributed by atoms with Gasteiger partial charge in [0, 0.05) is 41.9 Å². The maximum absolute atomic E-state index is 10.1. The summed E-state index contributed by atoms with van der Waals surface area (Å²) in [6.07, 6.45) is 1.48.